The van der Waals surface area contributed by atoms with Crippen LogP contribution in [0.15, 0.2) is 24.3 Å². The van der Waals surface area contributed by atoms with Crippen molar-refractivity contribution in [1.82, 2.24) is 5.32 Å². The van der Waals surface area contributed by atoms with Crippen molar-refractivity contribution in [2.75, 3.05) is 0 Å². The van der Waals surface area contributed by atoms with E-state index in [1.54, 1.807) is 12.1 Å². The van der Waals surface area contributed by atoms with Gasteiger partial charge in [0.1, 0.15) is 5.82 Å². The minimum Gasteiger partial charge on any atom is -0.307 e. The molecule has 0 heterocycles. The first-order valence-electron chi connectivity index (χ1n) is 7.48. The molecule has 2 heteroatoms. The van der Waals surface area contributed by atoms with E-state index in [1.165, 1.54) is 32.1 Å². The van der Waals surface area contributed by atoms with Crippen LogP contribution in [0.25, 0.3) is 0 Å². The van der Waals surface area contributed by atoms with E-state index in [4.69, 9.17) is 0 Å². The normalized spacial score (nSPS) is 24.7. The van der Waals surface area contributed by atoms with Gasteiger partial charge < -0.3 is 5.32 Å². The van der Waals surface area contributed by atoms with Crippen LogP contribution in [0.1, 0.15) is 64.5 Å². The van der Waals surface area contributed by atoms with Crippen molar-refractivity contribution in [2.45, 2.75) is 65.0 Å². The van der Waals surface area contributed by atoms with Gasteiger partial charge in [-0.3, -0.25) is 0 Å². The molecule has 1 aliphatic carbocycles. The van der Waals surface area contributed by atoms with Gasteiger partial charge in [0.2, 0.25) is 0 Å². The van der Waals surface area contributed by atoms with Crippen molar-refractivity contribution in [3.8, 4) is 0 Å². The summed E-state index contributed by atoms with van der Waals surface area (Å²) in [5.74, 6) is -0.101. The monoisotopic (exact) mass is 263 g/mol. The second kappa shape index (κ2) is 6.04. The molecule has 1 N–H and O–H groups in total. The molecule has 1 fully saturated rings. The lowest BCUT2D eigenvalue weighted by molar-refractivity contribution is 0.307. The molecule has 2 atom stereocenters. The van der Waals surface area contributed by atoms with E-state index in [9.17, 15) is 4.39 Å². The average Bonchev–Trinajstić information content (AvgIpc) is 2.51. The highest BCUT2D eigenvalue weighted by molar-refractivity contribution is 5.20. The number of hydrogen-bond acceptors (Lipinski definition) is 1. The Labute approximate surface area is 116 Å². The van der Waals surface area contributed by atoms with Gasteiger partial charge in [0.05, 0.1) is 0 Å². The summed E-state index contributed by atoms with van der Waals surface area (Å²) < 4.78 is 13.8. The molecular weight excluding hydrogens is 237 g/mol. The summed E-state index contributed by atoms with van der Waals surface area (Å²) in [6.45, 7) is 6.78. The van der Waals surface area contributed by atoms with Gasteiger partial charge in [0.25, 0.3) is 0 Å². The van der Waals surface area contributed by atoms with E-state index in [-0.39, 0.29) is 11.9 Å². The Hall–Kier alpha value is -0.890. The van der Waals surface area contributed by atoms with Gasteiger partial charge in [0.15, 0.2) is 0 Å². The van der Waals surface area contributed by atoms with Crippen LogP contribution in [-0.4, -0.2) is 6.04 Å². The molecular formula is C17H26FN. The van der Waals surface area contributed by atoms with Gasteiger partial charge in [-0.25, -0.2) is 4.39 Å². The molecule has 0 saturated heterocycles. The molecule has 0 radical (unpaired) electrons. The van der Waals surface area contributed by atoms with Crippen molar-refractivity contribution in [2.24, 2.45) is 5.41 Å². The summed E-state index contributed by atoms with van der Waals surface area (Å²) in [5, 5.41) is 3.61. The molecule has 0 spiro atoms. The number of hydrogen-bond donors (Lipinski definition) is 1. The number of nitrogens with one attached hydrogen (secondary N) is 1. The second-order valence-corrected chi connectivity index (χ2v) is 6.70. The number of rotatable bonds is 3. The van der Waals surface area contributed by atoms with Gasteiger partial charge in [-0.1, -0.05) is 38.5 Å². The minimum absolute atomic E-state index is 0.0902. The molecule has 106 valence electrons. The first-order valence-corrected chi connectivity index (χ1v) is 7.48. The Morgan fingerprint density at radius 2 is 1.95 bits per heavy atom. The van der Waals surface area contributed by atoms with Crippen LogP contribution in [0.5, 0.6) is 0 Å². The minimum atomic E-state index is -0.101. The van der Waals surface area contributed by atoms with Crippen LogP contribution < -0.4 is 5.32 Å². The summed E-state index contributed by atoms with van der Waals surface area (Å²) in [7, 11) is 0. The predicted molar refractivity (Wildman–Crippen MR) is 78.6 cm³/mol. The Kier molecular flexibility index (Phi) is 4.62. The third-order valence-electron chi connectivity index (χ3n) is 4.43. The van der Waals surface area contributed by atoms with Crippen LogP contribution in [0.4, 0.5) is 4.39 Å². The molecule has 2 rings (SSSR count). The predicted octanol–water partition coefficient (Wildman–Crippen LogP) is 4.84. The Balaban J connectivity index is 1.96. The average molecular weight is 263 g/mol. The molecule has 1 aromatic carbocycles. The fourth-order valence-electron chi connectivity index (χ4n) is 3.10. The molecule has 0 aromatic heterocycles. The van der Waals surface area contributed by atoms with Gasteiger partial charge in [-0.15, -0.1) is 0 Å². The van der Waals surface area contributed by atoms with E-state index in [0.717, 1.165) is 5.56 Å². The van der Waals surface area contributed by atoms with Crippen molar-refractivity contribution < 1.29 is 4.39 Å². The summed E-state index contributed by atoms with van der Waals surface area (Å²) in [6, 6.07) is 7.70. The van der Waals surface area contributed by atoms with Gasteiger partial charge >= 0.3 is 0 Å². The van der Waals surface area contributed by atoms with Crippen LogP contribution in [0, 0.1) is 11.2 Å². The van der Waals surface area contributed by atoms with E-state index < -0.39 is 0 Å². The van der Waals surface area contributed by atoms with Crippen molar-refractivity contribution >= 4 is 0 Å². The van der Waals surface area contributed by atoms with E-state index in [0.29, 0.717) is 11.5 Å². The Morgan fingerprint density at radius 1 is 1.21 bits per heavy atom. The summed E-state index contributed by atoms with van der Waals surface area (Å²) >= 11 is 0. The molecule has 1 nitrogen and oxygen atoms in total. The third kappa shape index (κ3) is 4.04. The molecule has 1 unspecified atom stereocenters. The number of benzene rings is 1. The van der Waals surface area contributed by atoms with Crippen molar-refractivity contribution in [3.63, 3.8) is 0 Å². The quantitative estimate of drug-likeness (QED) is 0.770. The lowest BCUT2D eigenvalue weighted by Crippen LogP contribution is -2.31. The molecule has 1 saturated carbocycles. The van der Waals surface area contributed by atoms with Crippen molar-refractivity contribution in [3.05, 3.63) is 35.6 Å². The standard InChI is InChI=1S/C17H26FN/c1-13(15-8-4-5-9-16(15)18)19-14-7-6-11-17(2,3)12-10-14/h4-5,8-9,13-14,19H,6-7,10-12H2,1-3H3/t13-,14?/m1/s1. The second-order valence-electron chi connectivity index (χ2n) is 6.70. The zero-order chi connectivity index (χ0) is 13.9. The lowest BCUT2D eigenvalue weighted by Gasteiger charge is -2.24. The lowest BCUT2D eigenvalue weighted by atomic mass is 9.85. The molecule has 0 amide bonds. The van der Waals surface area contributed by atoms with E-state index in [2.05, 4.69) is 26.1 Å². The molecule has 19 heavy (non-hydrogen) atoms. The summed E-state index contributed by atoms with van der Waals surface area (Å²) in [4.78, 5) is 0. The first kappa shape index (κ1) is 14.5. The van der Waals surface area contributed by atoms with E-state index in [1.807, 2.05) is 12.1 Å². The fraction of sp³-hybridized carbons (Fsp3) is 0.647. The number of halogens is 1. The molecule has 0 aliphatic heterocycles. The van der Waals surface area contributed by atoms with Gasteiger partial charge in [-0.2, -0.15) is 0 Å². The zero-order valence-corrected chi connectivity index (χ0v) is 12.4. The highest BCUT2D eigenvalue weighted by Crippen LogP contribution is 2.34. The largest absolute Gasteiger partial charge is 0.307 e. The Bertz CT molecular complexity index is 413. The zero-order valence-electron chi connectivity index (χ0n) is 12.4. The van der Waals surface area contributed by atoms with Crippen LogP contribution in [0.3, 0.4) is 0 Å². The first-order chi connectivity index (χ1) is 8.98. The summed E-state index contributed by atoms with van der Waals surface area (Å²) in [5.41, 5.74) is 1.25. The van der Waals surface area contributed by atoms with Crippen LogP contribution in [0.2, 0.25) is 0 Å². The highest BCUT2D eigenvalue weighted by Gasteiger charge is 2.25. The van der Waals surface area contributed by atoms with Gasteiger partial charge in [-0.05, 0) is 44.1 Å². The molecule has 1 aromatic rings. The molecule has 1 aliphatic rings. The smallest absolute Gasteiger partial charge is 0.127 e. The molecule has 0 bridgehead atoms. The maximum absolute atomic E-state index is 13.8. The van der Waals surface area contributed by atoms with Crippen LogP contribution >= 0.6 is 0 Å². The van der Waals surface area contributed by atoms with Crippen molar-refractivity contribution in [1.29, 1.82) is 0 Å². The van der Waals surface area contributed by atoms with E-state index >= 15 is 0 Å². The SMILES string of the molecule is C[C@@H](NC1CCCC(C)(C)CC1)c1ccccc1F. The fourth-order valence-corrected chi connectivity index (χ4v) is 3.10. The topological polar surface area (TPSA) is 12.0 Å². The maximum atomic E-state index is 13.8. The van der Waals surface area contributed by atoms with Crippen LogP contribution in [-0.2, 0) is 0 Å². The highest BCUT2D eigenvalue weighted by atomic mass is 19.1. The van der Waals surface area contributed by atoms with Gasteiger partial charge in [0, 0.05) is 17.6 Å². The third-order valence-corrected chi connectivity index (χ3v) is 4.43. The summed E-state index contributed by atoms with van der Waals surface area (Å²) in [6.07, 6.45) is 6.25. The Morgan fingerprint density at radius 3 is 2.68 bits per heavy atom. The maximum Gasteiger partial charge on any atom is 0.127 e.